The third kappa shape index (κ3) is 4.63. The highest BCUT2D eigenvalue weighted by Gasteiger charge is 1.99. The van der Waals surface area contributed by atoms with E-state index < -0.39 is 0 Å². The van der Waals surface area contributed by atoms with E-state index in [-0.39, 0.29) is 12.6 Å². The average Bonchev–Trinajstić information content (AvgIpc) is 2.51. The predicted molar refractivity (Wildman–Crippen MR) is 81.2 cm³/mol. The van der Waals surface area contributed by atoms with Crippen molar-refractivity contribution >= 4 is 12.0 Å². The van der Waals surface area contributed by atoms with Crippen molar-refractivity contribution in [2.24, 2.45) is 0 Å². The summed E-state index contributed by atoms with van der Waals surface area (Å²) in [5, 5.41) is 8.70. The molecule has 104 valence electrons. The monoisotopic (exact) mass is 277 g/mol. The third-order valence-corrected chi connectivity index (χ3v) is 2.92. The highest BCUT2D eigenvalue weighted by atomic mass is 16.5. The van der Waals surface area contributed by atoms with Gasteiger partial charge in [-0.1, -0.05) is 42.0 Å². The maximum absolute atomic E-state index is 11.6. The first-order valence-corrected chi connectivity index (χ1v) is 6.58. The second-order valence-electron chi connectivity index (χ2n) is 4.66. The number of esters is 1. The van der Waals surface area contributed by atoms with Gasteiger partial charge in [-0.05, 0) is 36.3 Å². The first kappa shape index (κ1) is 14.5. The van der Waals surface area contributed by atoms with Crippen LogP contribution in [0.1, 0.15) is 22.3 Å². The maximum atomic E-state index is 11.6. The molecule has 3 heteroatoms. The summed E-state index contributed by atoms with van der Waals surface area (Å²) in [6.45, 7) is 2.20. The Morgan fingerprint density at radius 3 is 2.67 bits per heavy atom. The van der Waals surface area contributed by atoms with E-state index in [0.29, 0.717) is 5.56 Å². The minimum Gasteiger partial charge on any atom is -0.458 e. The van der Waals surface area contributed by atoms with Gasteiger partial charge in [0.2, 0.25) is 0 Å². The molecule has 3 nitrogen and oxygen atoms in total. The van der Waals surface area contributed by atoms with Gasteiger partial charge in [0, 0.05) is 6.08 Å². The molecule has 21 heavy (non-hydrogen) atoms. The Kier molecular flexibility index (Phi) is 4.89. The molecule has 0 fully saturated rings. The van der Waals surface area contributed by atoms with Crippen molar-refractivity contribution < 1.29 is 9.53 Å². The van der Waals surface area contributed by atoms with Gasteiger partial charge in [-0.25, -0.2) is 4.79 Å². The van der Waals surface area contributed by atoms with Gasteiger partial charge in [-0.2, -0.15) is 5.26 Å². The van der Waals surface area contributed by atoms with Crippen LogP contribution < -0.4 is 0 Å². The number of hydrogen-bond donors (Lipinski definition) is 0. The summed E-state index contributed by atoms with van der Waals surface area (Å²) in [5.74, 6) is -0.388. The Bertz CT molecular complexity index is 694. The van der Waals surface area contributed by atoms with Crippen LogP contribution in [-0.2, 0) is 16.1 Å². The zero-order valence-corrected chi connectivity index (χ0v) is 11.7. The largest absolute Gasteiger partial charge is 0.458 e. The summed E-state index contributed by atoms with van der Waals surface area (Å²) < 4.78 is 5.14. The first-order chi connectivity index (χ1) is 10.2. The predicted octanol–water partition coefficient (Wildman–Crippen LogP) is 3.62. The molecule has 0 N–H and O–H groups in total. The quantitative estimate of drug-likeness (QED) is 0.633. The molecule has 0 saturated heterocycles. The Labute approximate surface area is 124 Å². The van der Waals surface area contributed by atoms with Gasteiger partial charge >= 0.3 is 5.97 Å². The van der Waals surface area contributed by atoms with E-state index in [0.717, 1.165) is 16.7 Å². The zero-order chi connectivity index (χ0) is 15.1. The van der Waals surface area contributed by atoms with E-state index in [1.54, 1.807) is 30.3 Å². The molecule has 2 rings (SSSR count). The number of nitrogens with zero attached hydrogens (tertiary/aromatic N) is 1. The van der Waals surface area contributed by atoms with E-state index in [9.17, 15) is 4.79 Å². The van der Waals surface area contributed by atoms with Crippen LogP contribution in [0.2, 0.25) is 0 Å². The number of benzene rings is 2. The molecular weight excluding hydrogens is 262 g/mol. The summed E-state index contributed by atoms with van der Waals surface area (Å²) in [6, 6.07) is 16.9. The fourth-order valence-electron chi connectivity index (χ4n) is 1.82. The number of ether oxygens (including phenoxy) is 1. The van der Waals surface area contributed by atoms with Crippen LogP contribution in [0.4, 0.5) is 0 Å². The van der Waals surface area contributed by atoms with Crippen molar-refractivity contribution in [2.45, 2.75) is 13.5 Å². The molecule has 2 aromatic rings. The Morgan fingerprint density at radius 2 is 2.00 bits per heavy atom. The number of rotatable bonds is 4. The maximum Gasteiger partial charge on any atom is 0.331 e. The molecule has 0 aromatic heterocycles. The van der Waals surface area contributed by atoms with Crippen molar-refractivity contribution in [1.82, 2.24) is 0 Å². The molecule has 0 radical (unpaired) electrons. The molecular formula is C18H15NO2. The number of carbonyl (C=O) groups is 1. The lowest BCUT2D eigenvalue weighted by atomic mass is 10.1. The Morgan fingerprint density at radius 1 is 1.24 bits per heavy atom. The molecule has 0 amide bonds. The van der Waals surface area contributed by atoms with Gasteiger partial charge in [0.1, 0.15) is 6.61 Å². The second-order valence-corrected chi connectivity index (χ2v) is 4.66. The van der Waals surface area contributed by atoms with Crippen LogP contribution in [0, 0.1) is 18.3 Å². The summed E-state index contributed by atoms with van der Waals surface area (Å²) in [5.41, 5.74) is 3.55. The van der Waals surface area contributed by atoms with Gasteiger partial charge in [0.05, 0.1) is 11.6 Å². The molecule has 0 heterocycles. The minimum atomic E-state index is -0.388. The summed E-state index contributed by atoms with van der Waals surface area (Å²) in [7, 11) is 0. The van der Waals surface area contributed by atoms with Crippen LogP contribution in [0.15, 0.2) is 54.6 Å². The van der Waals surface area contributed by atoms with E-state index in [4.69, 9.17) is 10.00 Å². The fraction of sp³-hybridized carbons (Fsp3) is 0.111. The zero-order valence-electron chi connectivity index (χ0n) is 11.7. The van der Waals surface area contributed by atoms with Crippen LogP contribution in [0.3, 0.4) is 0 Å². The summed E-state index contributed by atoms with van der Waals surface area (Å²) >= 11 is 0. The molecule has 0 aliphatic heterocycles. The highest BCUT2D eigenvalue weighted by Crippen LogP contribution is 2.07. The van der Waals surface area contributed by atoms with Gasteiger partial charge < -0.3 is 4.74 Å². The molecule has 0 spiro atoms. The number of nitriles is 1. The molecule has 0 atom stereocenters. The SMILES string of the molecule is Cc1cccc(/C=C/C(=O)OCc2ccc(C#N)cc2)c1. The van der Waals surface area contributed by atoms with Crippen LogP contribution in [0.25, 0.3) is 6.08 Å². The van der Waals surface area contributed by atoms with E-state index in [2.05, 4.69) is 0 Å². The smallest absolute Gasteiger partial charge is 0.331 e. The highest BCUT2D eigenvalue weighted by molar-refractivity contribution is 5.87. The number of carbonyl (C=O) groups excluding carboxylic acids is 1. The standard InChI is InChI=1S/C18H15NO2/c1-14-3-2-4-15(11-14)9-10-18(20)21-13-17-7-5-16(12-19)6-8-17/h2-11H,13H2,1H3/b10-9+. The van der Waals surface area contributed by atoms with Crippen LogP contribution in [0.5, 0.6) is 0 Å². The number of hydrogen-bond acceptors (Lipinski definition) is 3. The first-order valence-electron chi connectivity index (χ1n) is 6.58. The summed E-state index contributed by atoms with van der Waals surface area (Å²) in [4.78, 5) is 11.6. The molecule has 2 aromatic carbocycles. The lowest BCUT2D eigenvalue weighted by molar-refractivity contribution is -0.138. The van der Waals surface area contributed by atoms with Gasteiger partial charge in [0.15, 0.2) is 0 Å². The van der Waals surface area contributed by atoms with Crippen LogP contribution in [-0.4, -0.2) is 5.97 Å². The van der Waals surface area contributed by atoms with Crippen molar-refractivity contribution in [3.63, 3.8) is 0 Å². The topological polar surface area (TPSA) is 50.1 Å². The Hall–Kier alpha value is -2.86. The average molecular weight is 277 g/mol. The second kappa shape index (κ2) is 7.06. The van der Waals surface area contributed by atoms with E-state index in [1.807, 2.05) is 37.3 Å². The van der Waals surface area contributed by atoms with Gasteiger partial charge in [-0.3, -0.25) is 0 Å². The number of aryl methyl sites for hydroxylation is 1. The lowest BCUT2D eigenvalue weighted by Gasteiger charge is -2.02. The fourth-order valence-corrected chi connectivity index (χ4v) is 1.82. The molecule has 0 bridgehead atoms. The molecule has 0 saturated carbocycles. The minimum absolute atomic E-state index is 0.197. The van der Waals surface area contributed by atoms with E-state index in [1.165, 1.54) is 6.08 Å². The van der Waals surface area contributed by atoms with Crippen molar-refractivity contribution in [1.29, 1.82) is 5.26 Å². The Balaban J connectivity index is 1.88. The van der Waals surface area contributed by atoms with Crippen molar-refractivity contribution in [3.05, 3.63) is 76.9 Å². The molecule has 0 unspecified atom stereocenters. The summed E-state index contributed by atoms with van der Waals surface area (Å²) in [6.07, 6.45) is 3.15. The third-order valence-electron chi connectivity index (χ3n) is 2.92. The normalized spacial score (nSPS) is 10.3. The molecule has 0 aliphatic rings. The van der Waals surface area contributed by atoms with Gasteiger partial charge in [-0.15, -0.1) is 0 Å². The van der Waals surface area contributed by atoms with Crippen molar-refractivity contribution in [3.8, 4) is 6.07 Å². The molecule has 0 aliphatic carbocycles. The van der Waals surface area contributed by atoms with Crippen LogP contribution >= 0.6 is 0 Å². The van der Waals surface area contributed by atoms with Crippen molar-refractivity contribution in [2.75, 3.05) is 0 Å². The van der Waals surface area contributed by atoms with Gasteiger partial charge in [0.25, 0.3) is 0 Å². The van der Waals surface area contributed by atoms with E-state index >= 15 is 0 Å². The lowest BCUT2D eigenvalue weighted by Crippen LogP contribution is -2.00.